The molecule has 1 aromatic carbocycles. The molecule has 94 valence electrons. The minimum absolute atomic E-state index is 0.803. The average molecular weight is 236 g/mol. The smallest absolute Gasteiger partial charge is 0.161 e. The topological polar surface area (TPSA) is 35.1 Å². The summed E-state index contributed by atoms with van der Waals surface area (Å²) in [6, 6.07) is 7.00. The van der Waals surface area contributed by atoms with E-state index in [1.54, 1.807) is 14.2 Å². The van der Waals surface area contributed by atoms with E-state index in [1.807, 2.05) is 6.07 Å². The second-order valence-corrected chi connectivity index (χ2v) is 4.67. The fourth-order valence-electron chi connectivity index (χ4n) is 2.50. The van der Waals surface area contributed by atoms with Crippen molar-refractivity contribution in [3.05, 3.63) is 23.8 Å². The molecule has 1 aliphatic rings. The summed E-state index contributed by atoms with van der Waals surface area (Å²) in [7, 11) is 3.35. The molecule has 1 aromatic rings. The van der Waals surface area contributed by atoms with E-state index in [4.69, 9.17) is 9.47 Å². The van der Waals surface area contributed by atoms with E-state index in [1.165, 1.54) is 31.2 Å². The molecule has 0 bridgehead atoms. The molecule has 2 N–H and O–H groups in total. The van der Waals surface area contributed by atoms with Crippen LogP contribution in [0.5, 0.6) is 11.5 Å². The molecule has 1 aliphatic carbocycles. The molecule has 2 rings (SSSR count). The molecular formula is C14H22NO2+. The number of ether oxygens (including phenoxy) is 2. The Morgan fingerprint density at radius 1 is 1.12 bits per heavy atom. The van der Waals surface area contributed by atoms with Crippen LogP contribution >= 0.6 is 0 Å². The van der Waals surface area contributed by atoms with E-state index in [-0.39, 0.29) is 0 Å². The number of benzene rings is 1. The molecule has 0 amide bonds. The highest BCUT2D eigenvalue weighted by atomic mass is 16.5. The Kier molecular flexibility index (Phi) is 4.26. The van der Waals surface area contributed by atoms with Crippen molar-refractivity contribution >= 4 is 0 Å². The maximum atomic E-state index is 5.31. The van der Waals surface area contributed by atoms with Crippen molar-refractivity contribution in [2.45, 2.75) is 38.3 Å². The van der Waals surface area contributed by atoms with Gasteiger partial charge in [-0.25, -0.2) is 0 Å². The van der Waals surface area contributed by atoms with E-state index in [9.17, 15) is 0 Å². The summed E-state index contributed by atoms with van der Waals surface area (Å²) in [6.45, 7) is 1.03. The third kappa shape index (κ3) is 3.13. The molecule has 0 atom stereocenters. The number of rotatable bonds is 5. The van der Waals surface area contributed by atoms with Crippen molar-refractivity contribution in [3.8, 4) is 11.5 Å². The Labute approximate surface area is 103 Å². The summed E-state index contributed by atoms with van der Waals surface area (Å²) in [5, 5.41) is 2.45. The quantitative estimate of drug-likeness (QED) is 0.844. The second kappa shape index (κ2) is 5.92. The van der Waals surface area contributed by atoms with Crippen molar-refractivity contribution < 1.29 is 14.8 Å². The van der Waals surface area contributed by atoms with Crippen molar-refractivity contribution in [1.29, 1.82) is 0 Å². The van der Waals surface area contributed by atoms with Crippen LogP contribution in [0.25, 0.3) is 0 Å². The van der Waals surface area contributed by atoms with Gasteiger partial charge in [-0.3, -0.25) is 0 Å². The molecule has 0 spiro atoms. The largest absolute Gasteiger partial charge is 0.493 e. The van der Waals surface area contributed by atoms with Crippen LogP contribution < -0.4 is 14.8 Å². The van der Waals surface area contributed by atoms with Crippen LogP contribution in [0, 0.1) is 0 Å². The van der Waals surface area contributed by atoms with Gasteiger partial charge in [0.25, 0.3) is 0 Å². The number of hydrogen-bond acceptors (Lipinski definition) is 2. The molecule has 0 radical (unpaired) electrons. The summed E-state index contributed by atoms with van der Waals surface area (Å²) in [4.78, 5) is 0. The van der Waals surface area contributed by atoms with Crippen LogP contribution in [0.3, 0.4) is 0 Å². The Hall–Kier alpha value is -1.22. The molecule has 17 heavy (non-hydrogen) atoms. The molecule has 0 aliphatic heterocycles. The fourth-order valence-corrected chi connectivity index (χ4v) is 2.50. The van der Waals surface area contributed by atoms with Crippen LogP contribution in [0.1, 0.15) is 31.2 Å². The number of nitrogens with two attached hydrogens (primary N) is 1. The Morgan fingerprint density at radius 2 is 1.82 bits per heavy atom. The zero-order valence-corrected chi connectivity index (χ0v) is 10.7. The van der Waals surface area contributed by atoms with Crippen molar-refractivity contribution in [2.24, 2.45) is 0 Å². The van der Waals surface area contributed by atoms with E-state index in [2.05, 4.69) is 17.4 Å². The molecule has 0 aromatic heterocycles. The molecule has 0 saturated heterocycles. The van der Waals surface area contributed by atoms with Crippen molar-refractivity contribution in [2.75, 3.05) is 14.2 Å². The second-order valence-electron chi connectivity index (χ2n) is 4.67. The minimum atomic E-state index is 0.803. The number of methoxy groups -OCH3 is 2. The zero-order valence-electron chi connectivity index (χ0n) is 10.7. The summed E-state index contributed by atoms with van der Waals surface area (Å²) in [5.41, 5.74) is 1.30. The first kappa shape index (κ1) is 12.2. The maximum absolute atomic E-state index is 5.31. The highest BCUT2D eigenvalue weighted by Crippen LogP contribution is 2.27. The number of hydrogen-bond donors (Lipinski definition) is 1. The summed E-state index contributed by atoms with van der Waals surface area (Å²) in [6.07, 6.45) is 5.53. The first-order valence-electron chi connectivity index (χ1n) is 6.37. The van der Waals surface area contributed by atoms with Crippen LogP contribution in [-0.2, 0) is 6.54 Å². The molecule has 3 nitrogen and oxygen atoms in total. The van der Waals surface area contributed by atoms with Crippen molar-refractivity contribution in [3.63, 3.8) is 0 Å². The maximum Gasteiger partial charge on any atom is 0.161 e. The Bertz CT molecular complexity index is 359. The van der Waals surface area contributed by atoms with Gasteiger partial charge < -0.3 is 14.8 Å². The highest BCUT2D eigenvalue weighted by molar-refractivity contribution is 5.42. The zero-order chi connectivity index (χ0) is 12.1. The van der Waals surface area contributed by atoms with Gasteiger partial charge in [0, 0.05) is 5.56 Å². The molecule has 1 saturated carbocycles. The van der Waals surface area contributed by atoms with Gasteiger partial charge in [-0.15, -0.1) is 0 Å². The third-order valence-corrected chi connectivity index (χ3v) is 3.53. The summed E-state index contributed by atoms with van der Waals surface area (Å²) in [5.74, 6) is 1.63. The van der Waals surface area contributed by atoms with Gasteiger partial charge in [0.05, 0.1) is 20.3 Å². The normalized spacial score (nSPS) is 16.1. The predicted molar refractivity (Wildman–Crippen MR) is 67.4 cm³/mol. The van der Waals surface area contributed by atoms with Crippen LogP contribution in [0.15, 0.2) is 18.2 Å². The van der Waals surface area contributed by atoms with Gasteiger partial charge in [-0.2, -0.15) is 0 Å². The van der Waals surface area contributed by atoms with Gasteiger partial charge in [0.15, 0.2) is 11.5 Å². The first-order valence-corrected chi connectivity index (χ1v) is 6.37. The standard InChI is InChI=1S/C14H21NO2/c1-16-13-8-7-11(9-14(13)17-2)10-15-12-5-3-4-6-12/h7-9,12,15H,3-6,10H2,1-2H3/p+1. The Morgan fingerprint density at radius 3 is 2.47 bits per heavy atom. The lowest BCUT2D eigenvalue weighted by molar-refractivity contribution is -0.703. The third-order valence-electron chi connectivity index (χ3n) is 3.53. The lowest BCUT2D eigenvalue weighted by atomic mass is 10.1. The van der Waals surface area contributed by atoms with Crippen molar-refractivity contribution in [1.82, 2.24) is 0 Å². The molecule has 1 fully saturated rings. The predicted octanol–water partition coefficient (Wildman–Crippen LogP) is 1.71. The molecule has 0 heterocycles. The van der Waals surface area contributed by atoms with Crippen LogP contribution in [0.4, 0.5) is 0 Å². The van der Waals surface area contributed by atoms with Gasteiger partial charge in [0.2, 0.25) is 0 Å². The van der Waals surface area contributed by atoms with E-state index < -0.39 is 0 Å². The van der Waals surface area contributed by atoms with E-state index in [0.29, 0.717) is 0 Å². The molecule has 0 unspecified atom stereocenters. The SMILES string of the molecule is COc1ccc(C[NH2+]C2CCCC2)cc1OC. The fraction of sp³-hybridized carbons (Fsp3) is 0.571. The molecular weight excluding hydrogens is 214 g/mol. The van der Waals surface area contributed by atoms with E-state index >= 15 is 0 Å². The Balaban J connectivity index is 1.95. The van der Waals surface area contributed by atoms with Crippen LogP contribution in [-0.4, -0.2) is 20.3 Å². The lowest BCUT2D eigenvalue weighted by Crippen LogP contribution is -2.87. The minimum Gasteiger partial charge on any atom is -0.493 e. The monoisotopic (exact) mass is 236 g/mol. The lowest BCUT2D eigenvalue weighted by Gasteiger charge is -2.11. The van der Waals surface area contributed by atoms with E-state index in [0.717, 1.165) is 24.1 Å². The van der Waals surface area contributed by atoms with Gasteiger partial charge in [-0.1, -0.05) is 0 Å². The van der Waals surface area contributed by atoms with Crippen LogP contribution in [0.2, 0.25) is 0 Å². The summed E-state index contributed by atoms with van der Waals surface area (Å²) >= 11 is 0. The highest BCUT2D eigenvalue weighted by Gasteiger charge is 2.17. The van der Waals surface area contributed by atoms with Gasteiger partial charge >= 0.3 is 0 Å². The summed E-state index contributed by atoms with van der Waals surface area (Å²) < 4.78 is 10.5. The number of quaternary nitrogens is 1. The molecule has 3 heteroatoms. The van der Waals surface area contributed by atoms with Gasteiger partial charge in [0.1, 0.15) is 6.54 Å². The van der Waals surface area contributed by atoms with Gasteiger partial charge in [-0.05, 0) is 43.9 Å². The first-order chi connectivity index (χ1) is 8.33. The average Bonchev–Trinajstić information content (AvgIpc) is 2.89.